The van der Waals surface area contributed by atoms with E-state index in [1.165, 1.54) is 36.7 Å². The van der Waals surface area contributed by atoms with E-state index < -0.39 is 11.8 Å². The Hall–Kier alpha value is -3.21. The molecule has 0 fully saturated rings. The number of carbonyl (C=O) groups excluding carboxylic acids is 2. The fourth-order valence-corrected chi connectivity index (χ4v) is 5.64. The van der Waals surface area contributed by atoms with Gasteiger partial charge in [-0.15, -0.1) is 0 Å². The van der Waals surface area contributed by atoms with Crippen LogP contribution in [-0.4, -0.2) is 34.5 Å². The number of para-hydroxylation sites is 2. The summed E-state index contributed by atoms with van der Waals surface area (Å²) in [5.74, 6) is -1.88. The first kappa shape index (κ1) is 36.0. The van der Waals surface area contributed by atoms with Gasteiger partial charge in [-0.2, -0.15) is 10.2 Å². The number of benzene rings is 4. The summed E-state index contributed by atoms with van der Waals surface area (Å²) in [7, 11) is 0. The van der Waals surface area contributed by atoms with Crippen LogP contribution in [0.1, 0.15) is 31.8 Å². The van der Waals surface area contributed by atoms with Crippen LogP contribution in [0.5, 0.6) is 23.0 Å². The molecule has 0 unspecified atom stereocenters. The van der Waals surface area contributed by atoms with Crippen molar-refractivity contribution in [2.24, 2.45) is 10.2 Å². The third-order valence-corrected chi connectivity index (χ3v) is 7.20. The van der Waals surface area contributed by atoms with Gasteiger partial charge in [0.25, 0.3) is 11.8 Å². The molecule has 0 aromatic heterocycles. The number of phenolic OH excluding ortho intramolecular Hbond substituents is 2. The number of nitrogens with zero attached hydrogens (tertiary/aromatic N) is 2. The van der Waals surface area contributed by atoms with Crippen molar-refractivity contribution >= 4 is 88.0 Å². The monoisotopic (exact) mass is 881 g/mol. The first-order valence-corrected chi connectivity index (χ1v) is 14.7. The van der Waals surface area contributed by atoms with Crippen LogP contribution in [0.15, 0.2) is 101 Å². The molecule has 0 atom stereocenters. The zero-order chi connectivity index (χ0) is 30.8. The standard InChI is InChI=1S/2C14H10Br2N2O3.Co/c2*15-9-5-8(13(20)11(16)6-9)7-17-18-14(21)10-3-1-2-4-12(10)19;/h2*1-7,19-20H,(H,18,21);/q;;+2/p-2/b2*17-7-;. The molecule has 0 spiro atoms. The summed E-state index contributed by atoms with van der Waals surface area (Å²) in [5, 5.41) is 50.1. The molecule has 10 nitrogen and oxygen atoms in total. The number of amides is 2. The fraction of sp³-hybridized carbons (Fsp3) is 0. The minimum absolute atomic E-state index is 0. The molecule has 2 amide bonds. The van der Waals surface area contributed by atoms with Crippen LogP contribution in [0, 0.1) is 0 Å². The molecule has 4 aromatic carbocycles. The largest absolute Gasteiger partial charge is 2.00 e. The first-order chi connectivity index (χ1) is 20.0. The summed E-state index contributed by atoms with van der Waals surface area (Å²) in [6, 6.07) is 18.6. The molecule has 43 heavy (non-hydrogen) atoms. The van der Waals surface area contributed by atoms with E-state index in [2.05, 4.69) is 84.8 Å². The maximum atomic E-state index is 11.8. The molecule has 0 saturated carbocycles. The van der Waals surface area contributed by atoms with Gasteiger partial charge in [-0.3, -0.25) is 9.59 Å². The van der Waals surface area contributed by atoms with E-state index >= 15 is 0 Å². The Bertz CT molecular complexity index is 1560. The molecule has 0 aliphatic carbocycles. The van der Waals surface area contributed by atoms with E-state index in [9.17, 15) is 30.0 Å². The molecule has 4 rings (SSSR count). The van der Waals surface area contributed by atoms with Gasteiger partial charge in [0, 0.05) is 17.9 Å². The predicted molar refractivity (Wildman–Crippen MR) is 169 cm³/mol. The van der Waals surface area contributed by atoms with Crippen molar-refractivity contribution in [2.75, 3.05) is 0 Å². The van der Waals surface area contributed by atoms with Crippen molar-refractivity contribution in [3.8, 4) is 23.0 Å². The molecule has 4 N–H and O–H groups in total. The summed E-state index contributed by atoms with van der Waals surface area (Å²) in [6.45, 7) is 0. The van der Waals surface area contributed by atoms with Crippen LogP contribution in [0.4, 0.5) is 0 Å². The van der Waals surface area contributed by atoms with Gasteiger partial charge in [0.05, 0.1) is 23.6 Å². The van der Waals surface area contributed by atoms with Crippen LogP contribution in [-0.2, 0) is 16.8 Å². The van der Waals surface area contributed by atoms with Gasteiger partial charge in [0.1, 0.15) is 11.5 Å². The minimum Gasteiger partial charge on any atom is -0.871 e. The number of phenols is 2. The van der Waals surface area contributed by atoms with Crippen molar-refractivity contribution < 1.29 is 46.8 Å². The number of hydrazone groups is 2. The number of aromatic hydroxyl groups is 2. The van der Waals surface area contributed by atoms with Gasteiger partial charge in [-0.1, -0.05) is 99.5 Å². The summed E-state index contributed by atoms with van der Waals surface area (Å²) in [6.07, 6.45) is 2.49. The first-order valence-electron chi connectivity index (χ1n) is 11.5. The quantitative estimate of drug-likeness (QED) is 0.147. The molecular formula is C28H18Br4CoN4O6. The Kier molecular flexibility index (Phi) is 14.4. The molecular weight excluding hydrogens is 867 g/mol. The van der Waals surface area contributed by atoms with Crippen LogP contribution in [0.25, 0.3) is 0 Å². The molecule has 0 aliphatic rings. The maximum absolute atomic E-state index is 11.8. The summed E-state index contributed by atoms with van der Waals surface area (Å²) >= 11 is 12.8. The molecule has 0 heterocycles. The molecule has 15 heteroatoms. The predicted octanol–water partition coefficient (Wildman–Crippen LogP) is 5.51. The number of halogens is 4. The number of carbonyl (C=O) groups is 2. The number of hydrogen-bond acceptors (Lipinski definition) is 8. The number of rotatable bonds is 6. The average Bonchev–Trinajstić information content (AvgIpc) is 2.94. The van der Waals surface area contributed by atoms with E-state index in [1.807, 2.05) is 0 Å². The van der Waals surface area contributed by atoms with Crippen molar-refractivity contribution in [2.45, 2.75) is 0 Å². The molecule has 0 bridgehead atoms. The van der Waals surface area contributed by atoms with E-state index in [1.54, 1.807) is 48.5 Å². The second kappa shape index (κ2) is 17.2. The Morgan fingerprint density at radius 3 is 1.35 bits per heavy atom. The van der Waals surface area contributed by atoms with Crippen LogP contribution in [0.3, 0.4) is 0 Å². The third-order valence-electron chi connectivity index (χ3n) is 5.11. The molecule has 223 valence electrons. The Balaban J connectivity index is 0.000000293. The van der Waals surface area contributed by atoms with E-state index in [0.29, 0.717) is 29.0 Å². The topological polar surface area (TPSA) is 169 Å². The van der Waals surface area contributed by atoms with Gasteiger partial charge in [0.2, 0.25) is 0 Å². The zero-order valence-electron chi connectivity index (χ0n) is 21.3. The normalized spacial score (nSPS) is 10.5. The van der Waals surface area contributed by atoms with Gasteiger partial charge in [-0.05, 0) is 59.7 Å². The van der Waals surface area contributed by atoms with Crippen molar-refractivity contribution in [3.63, 3.8) is 0 Å². The van der Waals surface area contributed by atoms with Crippen molar-refractivity contribution in [1.29, 1.82) is 0 Å². The second-order valence-electron chi connectivity index (χ2n) is 8.04. The summed E-state index contributed by atoms with van der Waals surface area (Å²) in [4.78, 5) is 23.6. The van der Waals surface area contributed by atoms with Crippen LogP contribution < -0.4 is 21.1 Å². The Labute approximate surface area is 289 Å². The van der Waals surface area contributed by atoms with Gasteiger partial charge in [0.15, 0.2) is 0 Å². The number of hydrogen-bond donors (Lipinski definition) is 4. The third kappa shape index (κ3) is 10.5. The van der Waals surface area contributed by atoms with Crippen LogP contribution in [0.2, 0.25) is 0 Å². The molecule has 1 radical (unpaired) electrons. The smallest absolute Gasteiger partial charge is 0.871 e. The molecule has 0 saturated heterocycles. The van der Waals surface area contributed by atoms with Gasteiger partial charge in [-0.25, -0.2) is 10.9 Å². The van der Waals surface area contributed by atoms with Crippen molar-refractivity contribution in [3.05, 3.63) is 113 Å². The van der Waals surface area contributed by atoms with E-state index in [0.717, 1.165) is 0 Å². The van der Waals surface area contributed by atoms with Crippen LogP contribution >= 0.6 is 63.7 Å². The molecule has 4 aromatic rings. The minimum atomic E-state index is -0.564. The second-order valence-corrected chi connectivity index (χ2v) is 11.6. The summed E-state index contributed by atoms with van der Waals surface area (Å²) < 4.78 is 2.21. The summed E-state index contributed by atoms with van der Waals surface area (Å²) in [5.41, 5.74) is 5.35. The van der Waals surface area contributed by atoms with Crippen molar-refractivity contribution in [1.82, 2.24) is 10.9 Å². The van der Waals surface area contributed by atoms with E-state index in [4.69, 9.17) is 0 Å². The number of nitrogens with one attached hydrogen (secondary N) is 2. The maximum Gasteiger partial charge on any atom is 2.00 e. The van der Waals surface area contributed by atoms with Gasteiger partial charge >= 0.3 is 16.8 Å². The van der Waals surface area contributed by atoms with E-state index in [-0.39, 0.29) is 50.9 Å². The SMILES string of the molecule is O=C(N/N=C\c1cc(Br)cc(Br)c1[O-])c1ccccc1O.O=C(N/N=C\c1cc(Br)cc(Br)c1[O-])c1ccccc1O.[Co+2]. The zero-order valence-corrected chi connectivity index (χ0v) is 28.7. The van der Waals surface area contributed by atoms with Gasteiger partial charge < -0.3 is 20.4 Å². The average molecular weight is 885 g/mol. The molecule has 0 aliphatic heterocycles. The Morgan fingerprint density at radius 1 is 0.651 bits per heavy atom. The fourth-order valence-electron chi connectivity index (χ4n) is 3.12. The Morgan fingerprint density at radius 2 is 1.00 bits per heavy atom.